The molecule has 1 fully saturated rings. The van der Waals surface area contributed by atoms with E-state index in [1.165, 1.54) is 12.1 Å². The third kappa shape index (κ3) is 5.25. The fourth-order valence-corrected chi connectivity index (χ4v) is 4.72. The fourth-order valence-electron chi connectivity index (χ4n) is 3.69. The van der Waals surface area contributed by atoms with Crippen molar-refractivity contribution in [3.63, 3.8) is 0 Å². The van der Waals surface area contributed by atoms with Crippen LogP contribution in [0.3, 0.4) is 0 Å². The molecule has 35 heavy (non-hydrogen) atoms. The smallest absolute Gasteiger partial charge is 0.263 e. The minimum Gasteiger partial charge on any atom is -0.360 e. The molecule has 1 heterocycles. The van der Waals surface area contributed by atoms with Crippen LogP contribution in [-0.2, 0) is 14.8 Å². The number of para-hydroxylation sites is 2. The molecular formula is C26H25N5O3S. The molecule has 1 atom stereocenters. The van der Waals surface area contributed by atoms with Crippen LogP contribution in [0.2, 0.25) is 0 Å². The number of carbonyl (C=O) groups excluding carboxylic acids is 1. The molecule has 0 aliphatic heterocycles. The summed E-state index contributed by atoms with van der Waals surface area (Å²) in [5.41, 5.74) is 2.91. The number of carbonyl (C=O) groups is 1. The van der Waals surface area contributed by atoms with Crippen molar-refractivity contribution in [2.24, 2.45) is 5.92 Å². The summed E-state index contributed by atoms with van der Waals surface area (Å²) < 4.78 is 28.6. The van der Waals surface area contributed by atoms with Gasteiger partial charge in [-0.1, -0.05) is 42.5 Å². The Morgan fingerprint density at radius 2 is 1.46 bits per heavy atom. The Labute approximate surface area is 203 Å². The Morgan fingerprint density at radius 1 is 0.857 bits per heavy atom. The van der Waals surface area contributed by atoms with Gasteiger partial charge in [-0.2, -0.15) is 0 Å². The zero-order valence-corrected chi connectivity index (χ0v) is 19.9. The van der Waals surface area contributed by atoms with Gasteiger partial charge in [-0.15, -0.1) is 0 Å². The van der Waals surface area contributed by atoms with Crippen molar-refractivity contribution >= 4 is 44.3 Å². The van der Waals surface area contributed by atoms with Gasteiger partial charge in [-0.05, 0) is 61.7 Å². The molecule has 1 aliphatic rings. The van der Waals surface area contributed by atoms with Crippen LogP contribution in [0, 0.1) is 5.92 Å². The lowest BCUT2D eigenvalue weighted by molar-refractivity contribution is -0.117. The van der Waals surface area contributed by atoms with Crippen LogP contribution < -0.4 is 15.4 Å². The predicted molar refractivity (Wildman–Crippen MR) is 137 cm³/mol. The molecule has 1 unspecified atom stereocenters. The molecule has 178 valence electrons. The number of rotatable bonds is 8. The maximum atomic E-state index is 13.0. The van der Waals surface area contributed by atoms with Crippen molar-refractivity contribution in [1.82, 2.24) is 9.97 Å². The Morgan fingerprint density at radius 3 is 2.09 bits per heavy atom. The quantitative estimate of drug-likeness (QED) is 0.324. The first-order valence-corrected chi connectivity index (χ1v) is 12.9. The molecule has 4 aromatic rings. The highest BCUT2D eigenvalue weighted by Gasteiger charge is 2.29. The minimum atomic E-state index is -3.86. The fraction of sp³-hybridized carbons (Fsp3) is 0.192. The van der Waals surface area contributed by atoms with E-state index in [1.807, 2.05) is 49.4 Å². The second kappa shape index (κ2) is 9.34. The zero-order valence-electron chi connectivity index (χ0n) is 19.1. The Bertz CT molecular complexity index is 1470. The number of nitrogens with one attached hydrogen (secondary N) is 3. The number of aromatic nitrogens is 2. The summed E-state index contributed by atoms with van der Waals surface area (Å²) in [6.07, 6.45) is 1.90. The van der Waals surface area contributed by atoms with E-state index >= 15 is 0 Å². The van der Waals surface area contributed by atoms with Crippen LogP contribution in [-0.4, -0.2) is 24.3 Å². The van der Waals surface area contributed by atoms with Gasteiger partial charge in [-0.25, -0.2) is 18.4 Å². The molecule has 0 bridgehead atoms. The summed E-state index contributed by atoms with van der Waals surface area (Å²) in [6, 6.07) is 22.8. The third-order valence-electron chi connectivity index (χ3n) is 5.83. The van der Waals surface area contributed by atoms with E-state index < -0.39 is 10.0 Å². The van der Waals surface area contributed by atoms with Crippen LogP contribution >= 0.6 is 0 Å². The number of sulfonamides is 1. The lowest BCUT2D eigenvalue weighted by Crippen LogP contribution is -2.18. The average Bonchev–Trinajstić information content (AvgIpc) is 3.71. The monoisotopic (exact) mass is 487 g/mol. The molecule has 0 spiro atoms. The number of hydrogen-bond acceptors (Lipinski definition) is 6. The molecule has 8 nitrogen and oxygen atoms in total. The molecule has 3 N–H and O–H groups in total. The van der Waals surface area contributed by atoms with Crippen molar-refractivity contribution in [1.29, 1.82) is 0 Å². The van der Waals surface area contributed by atoms with E-state index in [9.17, 15) is 13.2 Å². The van der Waals surface area contributed by atoms with Gasteiger partial charge in [0.25, 0.3) is 10.0 Å². The van der Waals surface area contributed by atoms with Gasteiger partial charge in [0.1, 0.15) is 0 Å². The number of nitrogens with zero attached hydrogens (tertiary/aromatic N) is 2. The first kappa shape index (κ1) is 22.8. The van der Waals surface area contributed by atoms with Crippen LogP contribution in [0.15, 0.2) is 83.8 Å². The van der Waals surface area contributed by atoms with Crippen LogP contribution in [0.1, 0.15) is 31.4 Å². The largest absolute Gasteiger partial charge is 0.360 e. The van der Waals surface area contributed by atoms with E-state index in [2.05, 4.69) is 25.3 Å². The summed E-state index contributed by atoms with van der Waals surface area (Å²) in [4.78, 5) is 21.3. The van der Waals surface area contributed by atoms with Crippen molar-refractivity contribution in [2.45, 2.75) is 30.7 Å². The number of fused-ring (bicyclic) bond motifs is 1. The van der Waals surface area contributed by atoms with E-state index in [1.54, 1.807) is 24.3 Å². The molecule has 9 heteroatoms. The third-order valence-corrected chi connectivity index (χ3v) is 7.19. The minimum absolute atomic E-state index is 0.0608. The van der Waals surface area contributed by atoms with Crippen LogP contribution in [0.5, 0.6) is 0 Å². The molecule has 0 saturated heterocycles. The number of benzene rings is 3. The van der Waals surface area contributed by atoms with E-state index in [0.717, 1.165) is 24.1 Å². The molecule has 3 aromatic carbocycles. The topological polar surface area (TPSA) is 113 Å². The highest BCUT2D eigenvalue weighted by Crippen LogP contribution is 2.31. The van der Waals surface area contributed by atoms with E-state index in [4.69, 9.17) is 0 Å². The summed E-state index contributed by atoms with van der Waals surface area (Å²) >= 11 is 0. The Kier molecular flexibility index (Phi) is 6.08. The van der Waals surface area contributed by atoms with Gasteiger partial charge >= 0.3 is 0 Å². The molecule has 0 radical (unpaired) electrons. The molecule has 1 saturated carbocycles. The average molecular weight is 488 g/mol. The molecular weight excluding hydrogens is 462 g/mol. The Balaban J connectivity index is 1.41. The summed E-state index contributed by atoms with van der Waals surface area (Å²) in [7, 11) is -3.86. The summed E-state index contributed by atoms with van der Waals surface area (Å²) in [5.74, 6) is 0.639. The maximum Gasteiger partial charge on any atom is 0.263 e. The molecule has 5 rings (SSSR count). The van der Waals surface area contributed by atoms with Crippen molar-refractivity contribution in [2.75, 3.05) is 15.4 Å². The molecule has 1 amide bonds. The molecule has 1 aromatic heterocycles. The van der Waals surface area contributed by atoms with Gasteiger partial charge in [-0.3, -0.25) is 9.52 Å². The number of amides is 1. The summed E-state index contributed by atoms with van der Waals surface area (Å²) in [5, 5.41) is 6.23. The number of hydrogen-bond donors (Lipinski definition) is 3. The predicted octanol–water partition coefficient (Wildman–Crippen LogP) is 4.95. The highest BCUT2D eigenvalue weighted by molar-refractivity contribution is 7.92. The van der Waals surface area contributed by atoms with Gasteiger partial charge in [0.15, 0.2) is 11.6 Å². The standard InChI is InChI=1S/C26H25N5O3S/c1-17(18-13-15-20(16-14-18)28-26(32)19-11-12-19)27-24-25(30-23-10-6-5-9-22(23)29-24)31-35(33,34)21-7-3-2-4-8-21/h2-10,13-17,19H,11-12H2,1H3,(H,27,29)(H,28,32)(H,30,31). The zero-order chi connectivity index (χ0) is 24.4. The van der Waals surface area contributed by atoms with E-state index in [0.29, 0.717) is 16.9 Å². The van der Waals surface area contributed by atoms with Crippen LogP contribution in [0.4, 0.5) is 17.3 Å². The van der Waals surface area contributed by atoms with Gasteiger partial charge in [0, 0.05) is 11.6 Å². The first-order chi connectivity index (χ1) is 16.9. The first-order valence-electron chi connectivity index (χ1n) is 11.4. The second-order valence-corrected chi connectivity index (χ2v) is 10.3. The Hall–Kier alpha value is -3.98. The normalized spacial score (nSPS) is 14.3. The van der Waals surface area contributed by atoms with Gasteiger partial charge in [0.2, 0.25) is 5.91 Å². The maximum absolute atomic E-state index is 13.0. The van der Waals surface area contributed by atoms with Crippen molar-refractivity contribution in [3.8, 4) is 0 Å². The van der Waals surface area contributed by atoms with Crippen molar-refractivity contribution < 1.29 is 13.2 Å². The lowest BCUT2D eigenvalue weighted by atomic mass is 10.1. The van der Waals surface area contributed by atoms with Gasteiger partial charge < -0.3 is 10.6 Å². The SMILES string of the molecule is CC(Nc1nc2ccccc2nc1NS(=O)(=O)c1ccccc1)c1ccc(NC(=O)C2CC2)cc1. The van der Waals surface area contributed by atoms with Gasteiger partial charge in [0.05, 0.1) is 22.0 Å². The summed E-state index contributed by atoms with van der Waals surface area (Å²) in [6.45, 7) is 1.95. The number of anilines is 3. The second-order valence-electron chi connectivity index (χ2n) is 8.58. The lowest BCUT2D eigenvalue weighted by Gasteiger charge is -2.19. The van der Waals surface area contributed by atoms with Crippen LogP contribution in [0.25, 0.3) is 11.0 Å². The highest BCUT2D eigenvalue weighted by atomic mass is 32.2. The van der Waals surface area contributed by atoms with Crippen molar-refractivity contribution in [3.05, 3.63) is 84.4 Å². The van der Waals surface area contributed by atoms with E-state index in [-0.39, 0.29) is 28.6 Å². The molecule has 1 aliphatic carbocycles.